The van der Waals surface area contributed by atoms with Gasteiger partial charge < -0.3 is 9.47 Å². The number of hydrogen-bond acceptors (Lipinski definition) is 2. The largest absolute Gasteiger partial charge is 0.486 e. The van der Waals surface area contributed by atoms with Crippen LogP contribution in [0.4, 0.5) is 0 Å². The Morgan fingerprint density at radius 3 is 2.19 bits per heavy atom. The number of ether oxygens (including phenoxy) is 2. The van der Waals surface area contributed by atoms with Crippen molar-refractivity contribution in [2.75, 3.05) is 13.2 Å². The van der Waals surface area contributed by atoms with Gasteiger partial charge in [-0.1, -0.05) is 59.6 Å². The van der Waals surface area contributed by atoms with Crippen LogP contribution in [0.3, 0.4) is 0 Å². The highest BCUT2D eigenvalue weighted by Gasteiger charge is 2.25. The highest BCUT2D eigenvalue weighted by Crippen LogP contribution is 2.45. The van der Waals surface area contributed by atoms with Gasteiger partial charge in [0.25, 0.3) is 0 Å². The van der Waals surface area contributed by atoms with Gasteiger partial charge in [0, 0.05) is 15.9 Å². The van der Waals surface area contributed by atoms with Crippen molar-refractivity contribution in [3.8, 4) is 11.5 Å². The first-order chi connectivity index (χ1) is 10.3. The Morgan fingerprint density at radius 1 is 0.952 bits per heavy atom. The molecule has 1 fully saturated rings. The van der Waals surface area contributed by atoms with Gasteiger partial charge in [-0.15, -0.1) is 0 Å². The molecule has 1 saturated carbocycles. The summed E-state index contributed by atoms with van der Waals surface area (Å²) in [5, 5.41) is 0.781. The quantitative estimate of drug-likeness (QED) is 0.600. The molecule has 0 saturated heterocycles. The molecule has 2 nitrogen and oxygen atoms in total. The monoisotopic (exact) mass is 372 g/mol. The van der Waals surface area contributed by atoms with Crippen LogP contribution in [0.15, 0.2) is 12.1 Å². The summed E-state index contributed by atoms with van der Waals surface area (Å²) in [5.74, 6) is 2.26. The van der Waals surface area contributed by atoms with Crippen molar-refractivity contribution in [3.63, 3.8) is 0 Å². The van der Waals surface area contributed by atoms with E-state index in [1.165, 1.54) is 44.9 Å². The third kappa shape index (κ3) is 3.68. The van der Waals surface area contributed by atoms with Crippen LogP contribution < -0.4 is 9.47 Å². The van der Waals surface area contributed by atoms with Crippen molar-refractivity contribution < 1.29 is 9.47 Å². The van der Waals surface area contributed by atoms with E-state index in [4.69, 9.17) is 21.1 Å². The summed E-state index contributed by atoms with van der Waals surface area (Å²) in [5.41, 5.74) is 1.14. The van der Waals surface area contributed by atoms with E-state index in [0.717, 1.165) is 22.1 Å². The summed E-state index contributed by atoms with van der Waals surface area (Å²) >= 11 is 10.4. The number of rotatable bonds is 2. The van der Waals surface area contributed by atoms with Crippen LogP contribution in [-0.4, -0.2) is 13.2 Å². The molecule has 0 spiro atoms. The summed E-state index contributed by atoms with van der Waals surface area (Å²) < 4.78 is 11.3. The zero-order valence-corrected chi connectivity index (χ0v) is 14.6. The van der Waals surface area contributed by atoms with Crippen molar-refractivity contribution in [2.45, 2.75) is 49.8 Å². The van der Waals surface area contributed by atoms with Crippen LogP contribution in [0.1, 0.15) is 55.3 Å². The van der Waals surface area contributed by atoms with Crippen molar-refractivity contribution in [2.24, 2.45) is 5.92 Å². The van der Waals surface area contributed by atoms with E-state index in [0.29, 0.717) is 24.0 Å². The maximum Gasteiger partial charge on any atom is 0.162 e. The molecule has 0 aromatic heterocycles. The number of alkyl halides is 1. The third-order valence-corrected chi connectivity index (χ3v) is 6.09. The minimum absolute atomic E-state index is 0.305. The standard InChI is InChI=1S/C17H22BrClO2/c18-17(12-6-4-2-1-3-5-7-12)13-10-15-16(11-14(13)19)21-9-8-20-15/h10-12,17H,1-9H2. The summed E-state index contributed by atoms with van der Waals surface area (Å²) in [6.07, 6.45) is 9.34. The van der Waals surface area contributed by atoms with Crippen LogP contribution >= 0.6 is 27.5 Å². The molecule has 1 heterocycles. The zero-order chi connectivity index (χ0) is 14.7. The Hall–Kier alpha value is -0.410. The predicted octanol–water partition coefficient (Wildman–Crippen LogP) is 5.91. The van der Waals surface area contributed by atoms with Crippen molar-refractivity contribution in [1.29, 1.82) is 0 Å². The Kier molecular flexibility index (Phi) is 5.33. The molecule has 0 bridgehead atoms. The Morgan fingerprint density at radius 2 is 1.52 bits per heavy atom. The number of benzene rings is 1. The number of halogens is 2. The molecule has 0 radical (unpaired) electrons. The lowest BCUT2D eigenvalue weighted by molar-refractivity contribution is 0.171. The van der Waals surface area contributed by atoms with E-state index in [2.05, 4.69) is 22.0 Å². The van der Waals surface area contributed by atoms with Gasteiger partial charge in [-0.25, -0.2) is 0 Å². The van der Waals surface area contributed by atoms with E-state index in [-0.39, 0.29) is 0 Å². The van der Waals surface area contributed by atoms with E-state index >= 15 is 0 Å². The van der Waals surface area contributed by atoms with Gasteiger partial charge in [0.05, 0.1) is 0 Å². The average molecular weight is 374 g/mol. The minimum atomic E-state index is 0.305. The van der Waals surface area contributed by atoms with Crippen LogP contribution in [0.25, 0.3) is 0 Å². The molecule has 4 heteroatoms. The van der Waals surface area contributed by atoms with Gasteiger partial charge in [-0.2, -0.15) is 0 Å². The van der Waals surface area contributed by atoms with E-state index in [1.54, 1.807) is 0 Å². The van der Waals surface area contributed by atoms with Gasteiger partial charge in [0.2, 0.25) is 0 Å². The van der Waals surface area contributed by atoms with Crippen LogP contribution in [0, 0.1) is 5.92 Å². The Labute approximate surface area is 140 Å². The number of fused-ring (bicyclic) bond motifs is 1. The first kappa shape index (κ1) is 15.5. The van der Waals surface area contributed by atoms with Crippen molar-refractivity contribution in [3.05, 3.63) is 22.7 Å². The Balaban J connectivity index is 1.80. The molecule has 1 aromatic carbocycles. The Bertz CT molecular complexity index is 484. The molecule has 116 valence electrons. The van der Waals surface area contributed by atoms with Gasteiger partial charge in [-0.3, -0.25) is 0 Å². The summed E-state index contributed by atoms with van der Waals surface area (Å²) in [7, 11) is 0. The predicted molar refractivity (Wildman–Crippen MR) is 89.9 cm³/mol. The molecule has 1 unspecified atom stereocenters. The summed E-state index contributed by atoms with van der Waals surface area (Å²) in [6, 6.07) is 3.97. The second kappa shape index (κ2) is 7.23. The molecule has 3 rings (SSSR count). The lowest BCUT2D eigenvalue weighted by Gasteiger charge is -2.27. The normalized spacial score (nSPS) is 21.4. The molecule has 1 aromatic rings. The first-order valence-electron chi connectivity index (χ1n) is 7.99. The van der Waals surface area contributed by atoms with E-state index in [9.17, 15) is 0 Å². The third-order valence-electron chi connectivity index (χ3n) is 4.52. The topological polar surface area (TPSA) is 18.5 Å². The molecule has 0 amide bonds. The highest BCUT2D eigenvalue weighted by molar-refractivity contribution is 9.09. The van der Waals surface area contributed by atoms with Gasteiger partial charge in [-0.05, 0) is 30.4 Å². The maximum absolute atomic E-state index is 6.48. The van der Waals surface area contributed by atoms with Crippen LogP contribution in [0.5, 0.6) is 11.5 Å². The lowest BCUT2D eigenvalue weighted by Crippen LogP contribution is -2.16. The second-order valence-corrected chi connectivity index (χ2v) is 7.42. The zero-order valence-electron chi connectivity index (χ0n) is 12.2. The van der Waals surface area contributed by atoms with Gasteiger partial charge in [0.15, 0.2) is 11.5 Å². The first-order valence-corrected chi connectivity index (χ1v) is 9.28. The van der Waals surface area contributed by atoms with E-state index < -0.39 is 0 Å². The lowest BCUT2D eigenvalue weighted by atomic mass is 9.86. The molecule has 1 aliphatic carbocycles. The van der Waals surface area contributed by atoms with Gasteiger partial charge >= 0.3 is 0 Å². The van der Waals surface area contributed by atoms with E-state index in [1.807, 2.05) is 6.07 Å². The van der Waals surface area contributed by atoms with Crippen LogP contribution in [-0.2, 0) is 0 Å². The second-order valence-electron chi connectivity index (χ2n) is 6.02. The fourth-order valence-electron chi connectivity index (χ4n) is 3.33. The smallest absolute Gasteiger partial charge is 0.162 e. The minimum Gasteiger partial charge on any atom is -0.486 e. The fourth-order valence-corrected chi connectivity index (χ4v) is 4.64. The molecule has 2 aliphatic rings. The molecule has 0 N–H and O–H groups in total. The molecule has 1 atom stereocenters. The van der Waals surface area contributed by atoms with Crippen molar-refractivity contribution >= 4 is 27.5 Å². The maximum atomic E-state index is 6.48. The van der Waals surface area contributed by atoms with Crippen molar-refractivity contribution in [1.82, 2.24) is 0 Å². The summed E-state index contributed by atoms with van der Waals surface area (Å²) in [4.78, 5) is 0.305. The molecular weight excluding hydrogens is 352 g/mol. The molecule has 21 heavy (non-hydrogen) atoms. The highest BCUT2D eigenvalue weighted by atomic mass is 79.9. The van der Waals surface area contributed by atoms with Gasteiger partial charge in [0.1, 0.15) is 13.2 Å². The average Bonchev–Trinajstić information content (AvgIpc) is 2.45. The number of hydrogen-bond donors (Lipinski definition) is 0. The summed E-state index contributed by atoms with van der Waals surface area (Å²) in [6.45, 7) is 1.22. The fraction of sp³-hybridized carbons (Fsp3) is 0.647. The molecular formula is C17H22BrClO2. The van der Waals surface area contributed by atoms with Crippen LogP contribution in [0.2, 0.25) is 5.02 Å². The SMILES string of the molecule is Clc1cc2c(cc1C(Br)C1CCCCCCC1)OCCO2. The molecule has 1 aliphatic heterocycles.